The summed E-state index contributed by atoms with van der Waals surface area (Å²) < 4.78 is 15.6. The number of hydrogen-bond donors (Lipinski definition) is 4. The number of nitrogens with zero attached hydrogens (tertiary/aromatic N) is 4. The van der Waals surface area contributed by atoms with Crippen molar-refractivity contribution in [1.82, 2.24) is 25.2 Å². The van der Waals surface area contributed by atoms with Gasteiger partial charge in [0.1, 0.15) is 11.9 Å². The molecule has 9 nitrogen and oxygen atoms in total. The number of pyridine rings is 3. The van der Waals surface area contributed by atoms with Gasteiger partial charge < -0.3 is 15.3 Å². The van der Waals surface area contributed by atoms with Crippen LogP contribution in [0.2, 0.25) is 10.0 Å². The molecule has 0 aliphatic carbocycles. The predicted molar refractivity (Wildman–Crippen MR) is 193 cm³/mol. The van der Waals surface area contributed by atoms with Crippen molar-refractivity contribution in [2.24, 2.45) is 0 Å². The Balaban J connectivity index is 1.23. The van der Waals surface area contributed by atoms with Crippen molar-refractivity contribution >= 4 is 52.0 Å². The Kier molecular flexibility index (Phi) is 11.2. The lowest BCUT2D eigenvalue weighted by atomic mass is 9.97. The standard InChI is InChI=1S/C38H36Cl2FN5O4/c1-22(48)19-46-11-9-24-14-32(44-18-28(24)20-46)31(41)13-25-4-2-6-29(35(25)39)30-7-3-5-26(36(30)40)15-33-37-27(8-10-42-33)12-23(17-45-37)16-43-34(21-47)38(49)50/h2-8,10,12-14,17-18,22,34,43,47-48H,9,11,15-16,19-21H2,1H3,(H,49,50)/b31-13-/t22-,34-/m1/s1. The topological polar surface area (TPSA) is 132 Å². The van der Waals surface area contributed by atoms with Gasteiger partial charge in [0.15, 0.2) is 0 Å². The first-order valence-corrected chi connectivity index (χ1v) is 17.0. The van der Waals surface area contributed by atoms with Gasteiger partial charge in [-0.25, -0.2) is 4.39 Å². The van der Waals surface area contributed by atoms with Crippen LogP contribution in [0.1, 0.15) is 46.1 Å². The van der Waals surface area contributed by atoms with E-state index in [9.17, 15) is 20.1 Å². The number of halogens is 3. The van der Waals surface area contributed by atoms with Crippen LogP contribution in [0.3, 0.4) is 0 Å². The van der Waals surface area contributed by atoms with E-state index < -0.39 is 30.5 Å². The van der Waals surface area contributed by atoms with Gasteiger partial charge in [-0.1, -0.05) is 59.6 Å². The molecule has 4 heterocycles. The molecule has 258 valence electrons. The van der Waals surface area contributed by atoms with E-state index in [0.29, 0.717) is 57.5 Å². The highest BCUT2D eigenvalue weighted by Crippen LogP contribution is 2.39. The fraction of sp³-hybridized carbons (Fsp3) is 0.263. The Labute approximate surface area is 299 Å². The number of β-amino-alcohol motifs (C(OH)–C–C–N with tert-alkyl or cyclic N) is 1. The summed E-state index contributed by atoms with van der Waals surface area (Å²) in [6, 6.07) is 15.5. The first-order valence-electron chi connectivity index (χ1n) is 16.2. The quantitative estimate of drug-likeness (QED) is 0.117. The smallest absolute Gasteiger partial charge is 0.323 e. The maximum atomic E-state index is 15.6. The van der Waals surface area contributed by atoms with Crippen LogP contribution in [-0.4, -0.2) is 73.0 Å². The van der Waals surface area contributed by atoms with Crippen molar-refractivity contribution < 1.29 is 24.5 Å². The van der Waals surface area contributed by atoms with Crippen molar-refractivity contribution in [2.45, 2.75) is 45.0 Å². The summed E-state index contributed by atoms with van der Waals surface area (Å²) in [5.41, 5.74) is 7.11. The molecule has 2 atom stereocenters. The lowest BCUT2D eigenvalue weighted by Crippen LogP contribution is -2.39. The number of fused-ring (bicyclic) bond motifs is 2. The lowest BCUT2D eigenvalue weighted by molar-refractivity contribution is -0.140. The van der Waals surface area contributed by atoms with E-state index in [4.69, 9.17) is 23.2 Å². The first-order chi connectivity index (χ1) is 24.1. The molecule has 50 heavy (non-hydrogen) atoms. The molecule has 0 spiro atoms. The van der Waals surface area contributed by atoms with Crippen LogP contribution in [0.5, 0.6) is 0 Å². The molecule has 0 unspecified atom stereocenters. The number of aliphatic hydroxyl groups excluding tert-OH is 2. The van der Waals surface area contributed by atoms with Crippen LogP contribution in [0.25, 0.3) is 33.9 Å². The number of aromatic nitrogens is 3. The van der Waals surface area contributed by atoms with Crippen LogP contribution in [-0.2, 0) is 30.7 Å². The summed E-state index contributed by atoms with van der Waals surface area (Å²) in [6.07, 6.45) is 7.16. The maximum Gasteiger partial charge on any atom is 0.323 e. The van der Waals surface area contributed by atoms with Gasteiger partial charge in [0.05, 0.1) is 39.7 Å². The number of aliphatic carboxylic acids is 1. The van der Waals surface area contributed by atoms with E-state index in [0.717, 1.165) is 40.6 Å². The zero-order valence-electron chi connectivity index (χ0n) is 27.3. The van der Waals surface area contributed by atoms with E-state index in [1.165, 1.54) is 6.08 Å². The summed E-state index contributed by atoms with van der Waals surface area (Å²) in [6.45, 7) is 3.50. The highest BCUT2D eigenvalue weighted by Gasteiger charge is 2.20. The van der Waals surface area contributed by atoms with Crippen LogP contribution in [0.4, 0.5) is 4.39 Å². The molecule has 1 aliphatic heterocycles. The van der Waals surface area contributed by atoms with Crippen molar-refractivity contribution in [2.75, 3.05) is 19.7 Å². The number of benzene rings is 2. The monoisotopic (exact) mass is 715 g/mol. The molecule has 3 aromatic heterocycles. The SMILES string of the molecule is C[C@@H](O)CN1CCc2cc(/C(F)=C/c3cccc(-c4cccc(Cc5nccc6cc(CN[C@H](CO)C(=O)O)cnc56)c4Cl)c3Cl)ncc2C1. The molecular formula is C38H36Cl2FN5O4. The highest BCUT2D eigenvalue weighted by atomic mass is 35.5. The minimum absolute atomic E-state index is 0.221. The van der Waals surface area contributed by atoms with Crippen LogP contribution in [0, 0.1) is 0 Å². The Hall–Kier alpha value is -4.29. The maximum absolute atomic E-state index is 15.6. The number of hydrogen-bond acceptors (Lipinski definition) is 8. The highest BCUT2D eigenvalue weighted by molar-refractivity contribution is 6.37. The average molecular weight is 717 g/mol. The van der Waals surface area contributed by atoms with Crippen molar-refractivity contribution in [1.29, 1.82) is 0 Å². The molecule has 0 amide bonds. The molecule has 0 bridgehead atoms. The number of carbonyl (C=O) groups is 1. The number of aliphatic hydroxyl groups is 2. The molecule has 4 N–H and O–H groups in total. The van der Waals surface area contributed by atoms with Gasteiger partial charge in [0.25, 0.3) is 0 Å². The predicted octanol–water partition coefficient (Wildman–Crippen LogP) is 6.33. The molecule has 5 aromatic rings. The van der Waals surface area contributed by atoms with Gasteiger partial charge >= 0.3 is 5.97 Å². The molecular weight excluding hydrogens is 680 g/mol. The lowest BCUT2D eigenvalue weighted by Gasteiger charge is -2.29. The summed E-state index contributed by atoms with van der Waals surface area (Å²) in [5.74, 6) is -1.63. The fourth-order valence-corrected chi connectivity index (χ4v) is 6.78. The third-order valence-electron chi connectivity index (χ3n) is 8.74. The number of carboxylic acids is 1. The van der Waals surface area contributed by atoms with Crippen molar-refractivity contribution in [3.63, 3.8) is 0 Å². The van der Waals surface area contributed by atoms with Gasteiger partial charge in [-0.15, -0.1) is 0 Å². The zero-order chi connectivity index (χ0) is 35.4. The second-order valence-corrected chi connectivity index (χ2v) is 13.2. The molecule has 0 fully saturated rings. The molecule has 0 saturated carbocycles. The number of carboxylic acid groups (broad SMARTS) is 1. The Morgan fingerprint density at radius 2 is 1.82 bits per heavy atom. The van der Waals surface area contributed by atoms with Crippen molar-refractivity contribution in [3.8, 4) is 11.1 Å². The second kappa shape index (κ2) is 15.7. The molecule has 0 radical (unpaired) electrons. The van der Waals surface area contributed by atoms with Crippen LogP contribution >= 0.6 is 23.2 Å². The number of nitrogens with one attached hydrogen (secondary N) is 1. The molecule has 2 aromatic carbocycles. The van der Waals surface area contributed by atoms with Gasteiger partial charge in [-0.05, 0) is 65.4 Å². The van der Waals surface area contributed by atoms with E-state index in [1.807, 2.05) is 42.5 Å². The minimum Gasteiger partial charge on any atom is -0.480 e. The van der Waals surface area contributed by atoms with Crippen LogP contribution in [0.15, 0.2) is 73.2 Å². The third kappa shape index (κ3) is 8.02. The molecule has 1 aliphatic rings. The molecule has 6 rings (SSSR count). The summed E-state index contributed by atoms with van der Waals surface area (Å²) in [7, 11) is 0. The Morgan fingerprint density at radius 3 is 2.58 bits per heavy atom. The summed E-state index contributed by atoms with van der Waals surface area (Å²) >= 11 is 13.9. The fourth-order valence-electron chi connectivity index (χ4n) is 6.20. The van der Waals surface area contributed by atoms with Gasteiger partial charge in [0, 0.05) is 67.7 Å². The number of rotatable bonds is 12. The minimum atomic E-state index is -1.13. The normalized spacial score (nSPS) is 14.8. The first kappa shape index (κ1) is 35.5. The molecule has 0 saturated heterocycles. The van der Waals surface area contributed by atoms with E-state index in [-0.39, 0.29) is 12.2 Å². The van der Waals surface area contributed by atoms with Crippen LogP contribution < -0.4 is 5.32 Å². The van der Waals surface area contributed by atoms with E-state index in [1.54, 1.807) is 37.6 Å². The van der Waals surface area contributed by atoms with Gasteiger partial charge in [-0.2, -0.15) is 0 Å². The Bertz CT molecular complexity index is 2080. The van der Waals surface area contributed by atoms with Gasteiger partial charge in [-0.3, -0.25) is 30.0 Å². The van der Waals surface area contributed by atoms with Crippen molar-refractivity contribution in [3.05, 3.63) is 122 Å². The second-order valence-electron chi connectivity index (χ2n) is 12.5. The largest absolute Gasteiger partial charge is 0.480 e. The summed E-state index contributed by atoms with van der Waals surface area (Å²) in [4.78, 5) is 27.0. The van der Waals surface area contributed by atoms with Gasteiger partial charge in [0.2, 0.25) is 0 Å². The molecule has 12 heteroatoms. The summed E-state index contributed by atoms with van der Waals surface area (Å²) in [5, 5.41) is 32.7. The third-order valence-corrected chi connectivity index (χ3v) is 9.61. The van der Waals surface area contributed by atoms with E-state index in [2.05, 4.69) is 25.2 Å². The Morgan fingerprint density at radius 1 is 1.04 bits per heavy atom. The average Bonchev–Trinajstić information content (AvgIpc) is 3.10. The zero-order valence-corrected chi connectivity index (χ0v) is 28.8. The van der Waals surface area contributed by atoms with E-state index >= 15 is 4.39 Å².